The largest absolute Gasteiger partial charge is 0.326 e. The minimum Gasteiger partial charge on any atom is -0.326 e. The van der Waals surface area contributed by atoms with Gasteiger partial charge >= 0.3 is 0 Å². The van der Waals surface area contributed by atoms with Crippen LogP contribution in [-0.2, 0) is 5.41 Å². The molecule has 0 bridgehead atoms. The van der Waals surface area contributed by atoms with Crippen molar-refractivity contribution in [2.45, 2.75) is 57.0 Å². The maximum absolute atomic E-state index is 6.18. The molecule has 102 valence electrons. The molecular formula is C14H23BrN2S. The van der Waals surface area contributed by atoms with Crippen molar-refractivity contribution in [3.63, 3.8) is 0 Å². The second-order valence-electron chi connectivity index (χ2n) is 5.92. The molecule has 4 heteroatoms. The van der Waals surface area contributed by atoms with Crippen LogP contribution < -0.4 is 11.1 Å². The van der Waals surface area contributed by atoms with E-state index in [0.717, 1.165) is 6.54 Å². The van der Waals surface area contributed by atoms with E-state index in [2.05, 4.69) is 47.2 Å². The summed E-state index contributed by atoms with van der Waals surface area (Å²) in [6.07, 6.45) is 5.00. The number of halogens is 1. The maximum Gasteiger partial charge on any atom is 0.0701 e. The average molecular weight is 331 g/mol. The Kier molecular flexibility index (Phi) is 4.86. The molecule has 0 amide bonds. The molecule has 1 aliphatic rings. The smallest absolute Gasteiger partial charge is 0.0701 e. The van der Waals surface area contributed by atoms with Crippen molar-refractivity contribution >= 4 is 27.3 Å². The van der Waals surface area contributed by atoms with E-state index in [1.54, 1.807) is 0 Å². The van der Waals surface area contributed by atoms with Gasteiger partial charge in [-0.25, -0.2) is 0 Å². The van der Waals surface area contributed by atoms with Crippen LogP contribution in [0.15, 0.2) is 15.9 Å². The Morgan fingerprint density at radius 1 is 1.39 bits per heavy atom. The van der Waals surface area contributed by atoms with Gasteiger partial charge in [0.25, 0.3) is 0 Å². The summed E-state index contributed by atoms with van der Waals surface area (Å²) in [5, 5.41) is 3.69. The van der Waals surface area contributed by atoms with Crippen LogP contribution in [0.5, 0.6) is 0 Å². The van der Waals surface area contributed by atoms with Crippen molar-refractivity contribution in [1.82, 2.24) is 5.32 Å². The zero-order chi connectivity index (χ0) is 13.2. The number of hydrogen-bond acceptors (Lipinski definition) is 3. The SMILES string of the molecule is CC(C)(CNC1CCCCC1N)c1ccc(Br)s1. The van der Waals surface area contributed by atoms with Crippen molar-refractivity contribution in [2.24, 2.45) is 5.73 Å². The van der Waals surface area contributed by atoms with Gasteiger partial charge in [-0.3, -0.25) is 0 Å². The first-order valence-electron chi connectivity index (χ1n) is 6.74. The van der Waals surface area contributed by atoms with Crippen molar-refractivity contribution in [3.05, 3.63) is 20.8 Å². The van der Waals surface area contributed by atoms with E-state index in [1.165, 1.54) is 34.3 Å². The monoisotopic (exact) mass is 330 g/mol. The zero-order valence-corrected chi connectivity index (χ0v) is 13.6. The van der Waals surface area contributed by atoms with Crippen LogP contribution in [0.25, 0.3) is 0 Å². The van der Waals surface area contributed by atoms with Crippen molar-refractivity contribution in [1.29, 1.82) is 0 Å². The highest BCUT2D eigenvalue weighted by Crippen LogP contribution is 2.32. The summed E-state index contributed by atoms with van der Waals surface area (Å²) >= 11 is 5.37. The lowest BCUT2D eigenvalue weighted by atomic mass is 9.87. The first-order valence-corrected chi connectivity index (χ1v) is 8.35. The highest BCUT2D eigenvalue weighted by atomic mass is 79.9. The van der Waals surface area contributed by atoms with Crippen molar-refractivity contribution in [2.75, 3.05) is 6.54 Å². The van der Waals surface area contributed by atoms with E-state index in [0.29, 0.717) is 12.1 Å². The Balaban J connectivity index is 1.92. The molecule has 18 heavy (non-hydrogen) atoms. The number of nitrogens with two attached hydrogens (primary N) is 1. The summed E-state index contributed by atoms with van der Waals surface area (Å²) in [5.74, 6) is 0. The van der Waals surface area contributed by atoms with Gasteiger partial charge in [0, 0.05) is 28.9 Å². The summed E-state index contributed by atoms with van der Waals surface area (Å²) in [7, 11) is 0. The van der Waals surface area contributed by atoms with E-state index < -0.39 is 0 Å². The van der Waals surface area contributed by atoms with E-state index in [-0.39, 0.29) is 5.41 Å². The molecule has 1 saturated carbocycles. The summed E-state index contributed by atoms with van der Waals surface area (Å²) in [6, 6.07) is 5.19. The molecule has 3 N–H and O–H groups in total. The second kappa shape index (κ2) is 6.04. The highest BCUT2D eigenvalue weighted by molar-refractivity contribution is 9.11. The van der Waals surface area contributed by atoms with Crippen LogP contribution in [0.3, 0.4) is 0 Å². The van der Waals surface area contributed by atoms with Gasteiger partial charge < -0.3 is 11.1 Å². The molecule has 2 rings (SSSR count). The minimum absolute atomic E-state index is 0.174. The molecule has 0 saturated heterocycles. The molecule has 1 heterocycles. The van der Waals surface area contributed by atoms with E-state index in [1.807, 2.05) is 11.3 Å². The van der Waals surface area contributed by atoms with Gasteiger partial charge in [0.2, 0.25) is 0 Å². The van der Waals surface area contributed by atoms with Gasteiger partial charge in [0.05, 0.1) is 3.79 Å². The molecule has 0 aliphatic heterocycles. The van der Waals surface area contributed by atoms with Gasteiger partial charge in [0.15, 0.2) is 0 Å². The van der Waals surface area contributed by atoms with Crippen LogP contribution in [-0.4, -0.2) is 18.6 Å². The fourth-order valence-electron chi connectivity index (χ4n) is 2.56. The molecule has 1 aromatic heterocycles. The van der Waals surface area contributed by atoms with Gasteiger partial charge in [-0.2, -0.15) is 0 Å². The van der Waals surface area contributed by atoms with Crippen LogP contribution >= 0.6 is 27.3 Å². The number of hydrogen-bond donors (Lipinski definition) is 2. The fourth-order valence-corrected chi connectivity index (χ4v) is 4.05. The van der Waals surface area contributed by atoms with Crippen molar-refractivity contribution < 1.29 is 0 Å². The number of nitrogens with one attached hydrogen (secondary N) is 1. The van der Waals surface area contributed by atoms with Crippen LogP contribution in [0.4, 0.5) is 0 Å². The molecular weight excluding hydrogens is 308 g/mol. The van der Waals surface area contributed by atoms with E-state index >= 15 is 0 Å². The first-order chi connectivity index (χ1) is 8.49. The molecule has 1 fully saturated rings. The minimum atomic E-state index is 0.174. The lowest BCUT2D eigenvalue weighted by Crippen LogP contribution is -2.50. The van der Waals surface area contributed by atoms with Crippen molar-refractivity contribution in [3.8, 4) is 0 Å². The summed E-state index contributed by atoms with van der Waals surface area (Å²) in [5.41, 5.74) is 6.36. The number of rotatable bonds is 4. The van der Waals surface area contributed by atoms with Crippen LogP contribution in [0.1, 0.15) is 44.4 Å². The van der Waals surface area contributed by atoms with Gasteiger partial charge in [-0.1, -0.05) is 26.7 Å². The molecule has 0 spiro atoms. The molecule has 2 unspecified atom stereocenters. The third-order valence-electron chi connectivity index (χ3n) is 3.87. The third kappa shape index (κ3) is 3.56. The molecule has 0 radical (unpaired) electrons. The van der Waals surface area contributed by atoms with E-state index in [9.17, 15) is 0 Å². The lowest BCUT2D eigenvalue weighted by molar-refractivity contribution is 0.307. The molecule has 2 nitrogen and oxygen atoms in total. The topological polar surface area (TPSA) is 38.0 Å². The molecule has 1 aliphatic carbocycles. The quantitative estimate of drug-likeness (QED) is 0.884. The Bertz CT molecular complexity index is 389. The first kappa shape index (κ1) is 14.5. The highest BCUT2D eigenvalue weighted by Gasteiger charge is 2.26. The lowest BCUT2D eigenvalue weighted by Gasteiger charge is -2.33. The van der Waals surface area contributed by atoms with E-state index in [4.69, 9.17) is 5.73 Å². The molecule has 0 aromatic carbocycles. The Labute approximate surface area is 122 Å². The second-order valence-corrected chi connectivity index (χ2v) is 8.39. The summed E-state index contributed by atoms with van der Waals surface area (Å²) in [4.78, 5) is 1.42. The van der Waals surface area contributed by atoms with Crippen LogP contribution in [0.2, 0.25) is 0 Å². The van der Waals surface area contributed by atoms with Gasteiger partial charge in [-0.05, 0) is 40.9 Å². The van der Waals surface area contributed by atoms with Crippen LogP contribution in [0, 0.1) is 0 Å². The fraction of sp³-hybridized carbons (Fsp3) is 0.714. The maximum atomic E-state index is 6.18. The van der Waals surface area contributed by atoms with Gasteiger partial charge in [0.1, 0.15) is 0 Å². The predicted octanol–water partition coefficient (Wildman–Crippen LogP) is 3.65. The predicted molar refractivity (Wildman–Crippen MR) is 83.3 cm³/mol. The zero-order valence-electron chi connectivity index (χ0n) is 11.2. The number of thiophene rings is 1. The molecule has 2 atom stereocenters. The average Bonchev–Trinajstić information content (AvgIpc) is 2.76. The summed E-state index contributed by atoms with van der Waals surface area (Å²) in [6.45, 7) is 5.59. The van der Waals surface area contributed by atoms with Gasteiger partial charge in [-0.15, -0.1) is 11.3 Å². The summed E-state index contributed by atoms with van der Waals surface area (Å²) < 4.78 is 1.21. The Morgan fingerprint density at radius 2 is 2.11 bits per heavy atom. The third-order valence-corrected chi connectivity index (χ3v) is 5.86. The Hall–Kier alpha value is 0.1000. The molecule has 1 aromatic rings. The normalized spacial score (nSPS) is 25.3. The standard InChI is InChI=1S/C14H23BrN2S/c1-14(2,12-7-8-13(15)18-12)9-17-11-6-4-3-5-10(11)16/h7-8,10-11,17H,3-6,9,16H2,1-2H3. The Morgan fingerprint density at radius 3 is 2.72 bits per heavy atom.